The van der Waals surface area contributed by atoms with Crippen molar-refractivity contribution in [3.8, 4) is 0 Å². The van der Waals surface area contributed by atoms with Gasteiger partial charge in [-0.05, 0) is 13.8 Å². The SMILES string of the molecule is CC(C)(O)c1c(F)c(F)nc(N)c1Cl. The first-order chi connectivity index (χ1) is 6.25. The molecule has 78 valence electrons. The lowest BCUT2D eigenvalue weighted by molar-refractivity contribution is 0.0736. The quantitative estimate of drug-likeness (QED) is 0.713. The van der Waals surface area contributed by atoms with Crippen molar-refractivity contribution in [3.05, 3.63) is 22.4 Å². The van der Waals surface area contributed by atoms with Crippen molar-refractivity contribution in [1.29, 1.82) is 0 Å². The molecule has 6 heteroatoms. The lowest BCUT2D eigenvalue weighted by Gasteiger charge is -2.20. The summed E-state index contributed by atoms with van der Waals surface area (Å²) in [7, 11) is 0. The van der Waals surface area contributed by atoms with Gasteiger partial charge in [-0.25, -0.2) is 4.39 Å². The molecule has 0 amide bonds. The number of hydrogen-bond donors (Lipinski definition) is 2. The van der Waals surface area contributed by atoms with Crippen LogP contribution in [0.15, 0.2) is 0 Å². The fraction of sp³-hybridized carbons (Fsp3) is 0.375. The molecule has 0 atom stereocenters. The summed E-state index contributed by atoms with van der Waals surface area (Å²) in [5.74, 6) is -3.00. The molecule has 3 nitrogen and oxygen atoms in total. The van der Waals surface area contributed by atoms with Crippen LogP contribution in [0.1, 0.15) is 19.4 Å². The number of halogens is 3. The third-order valence-corrected chi connectivity index (χ3v) is 2.06. The van der Waals surface area contributed by atoms with E-state index >= 15 is 0 Å². The van der Waals surface area contributed by atoms with Crippen LogP contribution in [0.4, 0.5) is 14.6 Å². The second kappa shape index (κ2) is 3.33. The smallest absolute Gasteiger partial charge is 0.251 e. The molecule has 0 aromatic carbocycles. The van der Waals surface area contributed by atoms with Gasteiger partial charge in [-0.1, -0.05) is 11.6 Å². The van der Waals surface area contributed by atoms with Gasteiger partial charge in [0.2, 0.25) is 0 Å². The van der Waals surface area contributed by atoms with E-state index in [1.807, 2.05) is 0 Å². The van der Waals surface area contributed by atoms with Gasteiger partial charge in [0, 0.05) is 5.56 Å². The number of nitrogens with zero attached hydrogens (tertiary/aromatic N) is 1. The Morgan fingerprint density at radius 3 is 2.36 bits per heavy atom. The van der Waals surface area contributed by atoms with Crippen molar-refractivity contribution in [2.24, 2.45) is 0 Å². The summed E-state index contributed by atoms with van der Waals surface area (Å²) >= 11 is 5.60. The molecule has 3 N–H and O–H groups in total. The van der Waals surface area contributed by atoms with E-state index < -0.39 is 17.4 Å². The minimum Gasteiger partial charge on any atom is -0.386 e. The zero-order valence-corrected chi connectivity index (χ0v) is 8.36. The molecular weight excluding hydrogens is 214 g/mol. The second-order valence-corrected chi connectivity index (χ2v) is 3.73. The van der Waals surface area contributed by atoms with Crippen LogP contribution < -0.4 is 5.73 Å². The van der Waals surface area contributed by atoms with E-state index in [9.17, 15) is 13.9 Å². The predicted molar refractivity (Wildman–Crippen MR) is 48.8 cm³/mol. The van der Waals surface area contributed by atoms with Gasteiger partial charge in [0.25, 0.3) is 5.95 Å². The summed E-state index contributed by atoms with van der Waals surface area (Å²) < 4.78 is 26.0. The highest BCUT2D eigenvalue weighted by atomic mass is 35.5. The van der Waals surface area contributed by atoms with Crippen LogP contribution in [0.2, 0.25) is 5.02 Å². The molecule has 0 aliphatic rings. The molecule has 0 aliphatic carbocycles. The summed E-state index contributed by atoms with van der Waals surface area (Å²) in [5, 5.41) is 9.26. The number of anilines is 1. The summed E-state index contributed by atoms with van der Waals surface area (Å²) in [4.78, 5) is 3.04. The van der Waals surface area contributed by atoms with Gasteiger partial charge < -0.3 is 10.8 Å². The average Bonchev–Trinajstić information content (AvgIpc) is 1.98. The van der Waals surface area contributed by atoms with E-state index in [-0.39, 0.29) is 16.4 Å². The van der Waals surface area contributed by atoms with Crippen LogP contribution in [0.25, 0.3) is 0 Å². The first-order valence-corrected chi connectivity index (χ1v) is 4.15. The highest BCUT2D eigenvalue weighted by Crippen LogP contribution is 2.33. The van der Waals surface area contributed by atoms with Crippen LogP contribution in [0.5, 0.6) is 0 Å². The van der Waals surface area contributed by atoms with E-state index in [1.54, 1.807) is 0 Å². The lowest BCUT2D eigenvalue weighted by Crippen LogP contribution is -2.20. The molecule has 1 aromatic heterocycles. The van der Waals surface area contributed by atoms with E-state index in [0.29, 0.717) is 0 Å². The zero-order valence-electron chi connectivity index (χ0n) is 7.61. The molecule has 0 saturated carbocycles. The van der Waals surface area contributed by atoms with Gasteiger partial charge in [0.05, 0.1) is 10.6 Å². The molecule has 0 bridgehead atoms. The average molecular weight is 223 g/mol. The third-order valence-electron chi connectivity index (χ3n) is 1.68. The molecule has 0 unspecified atom stereocenters. The van der Waals surface area contributed by atoms with E-state index in [2.05, 4.69) is 4.98 Å². The topological polar surface area (TPSA) is 59.1 Å². The molecule has 0 aliphatic heterocycles. The van der Waals surface area contributed by atoms with Crippen molar-refractivity contribution >= 4 is 17.4 Å². The van der Waals surface area contributed by atoms with Gasteiger partial charge in [-0.2, -0.15) is 9.37 Å². The van der Waals surface area contributed by atoms with E-state index in [1.165, 1.54) is 13.8 Å². The predicted octanol–water partition coefficient (Wildman–Crippen LogP) is 1.82. The lowest BCUT2D eigenvalue weighted by atomic mass is 9.99. The van der Waals surface area contributed by atoms with Gasteiger partial charge >= 0.3 is 0 Å². The van der Waals surface area contributed by atoms with Crippen molar-refractivity contribution in [1.82, 2.24) is 4.98 Å². The Balaban J connectivity index is 3.56. The minimum absolute atomic E-state index is 0.267. The van der Waals surface area contributed by atoms with Gasteiger partial charge in [0.15, 0.2) is 5.82 Å². The monoisotopic (exact) mass is 222 g/mol. The molecular formula is C8H9ClF2N2O. The van der Waals surface area contributed by atoms with Crippen molar-refractivity contribution < 1.29 is 13.9 Å². The first kappa shape index (κ1) is 11.1. The fourth-order valence-corrected chi connectivity index (χ4v) is 1.43. The Bertz CT molecular complexity index is 350. The molecule has 0 radical (unpaired) electrons. The van der Waals surface area contributed by atoms with Crippen LogP contribution in [0, 0.1) is 11.8 Å². The molecule has 1 aromatic rings. The van der Waals surface area contributed by atoms with Crippen LogP contribution >= 0.6 is 11.6 Å². The summed E-state index contributed by atoms with van der Waals surface area (Å²) in [6.45, 7) is 2.55. The normalized spacial score (nSPS) is 11.9. The van der Waals surface area contributed by atoms with Crippen LogP contribution in [0.3, 0.4) is 0 Å². The van der Waals surface area contributed by atoms with Crippen LogP contribution in [-0.4, -0.2) is 10.1 Å². The van der Waals surface area contributed by atoms with E-state index in [0.717, 1.165) is 0 Å². The van der Waals surface area contributed by atoms with E-state index in [4.69, 9.17) is 17.3 Å². The summed E-state index contributed by atoms with van der Waals surface area (Å²) in [5.41, 5.74) is 3.23. The number of hydrogen-bond acceptors (Lipinski definition) is 3. The Hall–Kier alpha value is -0.940. The largest absolute Gasteiger partial charge is 0.386 e. The maximum atomic E-state index is 13.2. The molecule has 0 spiro atoms. The summed E-state index contributed by atoms with van der Waals surface area (Å²) in [6.07, 6.45) is 0. The number of nitrogen functional groups attached to an aromatic ring is 1. The minimum atomic E-state index is -1.61. The van der Waals surface area contributed by atoms with Crippen LogP contribution in [-0.2, 0) is 5.60 Å². The first-order valence-electron chi connectivity index (χ1n) is 3.78. The number of nitrogens with two attached hydrogens (primary N) is 1. The Morgan fingerprint density at radius 2 is 1.93 bits per heavy atom. The Kier molecular flexibility index (Phi) is 2.65. The van der Waals surface area contributed by atoms with Gasteiger partial charge in [-0.3, -0.25) is 0 Å². The number of aliphatic hydroxyl groups is 1. The van der Waals surface area contributed by atoms with Gasteiger partial charge in [0.1, 0.15) is 5.82 Å². The molecule has 0 fully saturated rings. The van der Waals surface area contributed by atoms with Crippen molar-refractivity contribution in [2.45, 2.75) is 19.4 Å². The number of rotatable bonds is 1. The highest BCUT2D eigenvalue weighted by molar-refractivity contribution is 6.33. The number of aromatic nitrogens is 1. The Labute approximate surface area is 84.5 Å². The molecule has 1 rings (SSSR count). The maximum Gasteiger partial charge on any atom is 0.251 e. The van der Waals surface area contributed by atoms with Crippen molar-refractivity contribution in [2.75, 3.05) is 5.73 Å². The third kappa shape index (κ3) is 1.78. The standard InChI is InChI=1S/C8H9ClF2N2O/c1-8(2,14)3-4(9)7(12)13-6(11)5(3)10/h14H,1-2H3,(H2,12,13). The zero-order chi connectivity index (χ0) is 11.1. The highest BCUT2D eigenvalue weighted by Gasteiger charge is 2.28. The maximum absolute atomic E-state index is 13.2. The Morgan fingerprint density at radius 1 is 1.43 bits per heavy atom. The fourth-order valence-electron chi connectivity index (χ4n) is 1.07. The molecule has 14 heavy (non-hydrogen) atoms. The summed E-state index contributed by atoms with van der Waals surface area (Å²) in [6, 6.07) is 0. The van der Waals surface area contributed by atoms with Gasteiger partial charge in [-0.15, -0.1) is 0 Å². The van der Waals surface area contributed by atoms with Crippen molar-refractivity contribution in [3.63, 3.8) is 0 Å². The second-order valence-electron chi connectivity index (χ2n) is 3.35. The molecule has 1 heterocycles. The number of pyridine rings is 1. The molecule has 0 saturated heterocycles.